The van der Waals surface area contributed by atoms with Crippen LogP contribution in [0, 0.1) is 10.1 Å². The number of hydrogen-bond donors (Lipinski definition) is 0. The summed E-state index contributed by atoms with van der Waals surface area (Å²) in [7, 11) is 0. The van der Waals surface area contributed by atoms with Gasteiger partial charge in [0.2, 0.25) is 0 Å². The van der Waals surface area contributed by atoms with E-state index >= 15 is 0 Å². The van der Waals surface area contributed by atoms with Gasteiger partial charge in [-0.15, -0.1) is 0 Å². The topological polar surface area (TPSA) is 75.9 Å². The summed E-state index contributed by atoms with van der Waals surface area (Å²) < 4.78 is 5.49. The molecule has 0 unspecified atom stereocenters. The number of hydrogen-bond acceptors (Lipinski definition) is 5. The summed E-state index contributed by atoms with van der Waals surface area (Å²) in [5, 5.41) is 10.8. The van der Waals surface area contributed by atoms with Crippen LogP contribution in [-0.2, 0) is 0 Å². The second-order valence-corrected chi connectivity index (χ2v) is 6.18. The maximum Gasteiger partial charge on any atom is 0.269 e. The molecule has 1 amide bonds. The molecular formula is C20H21N3O4. The number of carbonyl (C=O) groups is 1. The molecule has 140 valence electrons. The third-order valence-electron chi connectivity index (χ3n) is 4.44. The predicted octanol–water partition coefficient (Wildman–Crippen LogP) is 3.12. The lowest BCUT2D eigenvalue weighted by molar-refractivity contribution is -0.384. The number of carbonyl (C=O) groups excluding carboxylic acids is 1. The number of amides is 1. The lowest BCUT2D eigenvalue weighted by Gasteiger charge is -2.36. The van der Waals surface area contributed by atoms with Gasteiger partial charge in [-0.2, -0.15) is 0 Å². The van der Waals surface area contributed by atoms with Crippen molar-refractivity contribution in [3.63, 3.8) is 0 Å². The molecule has 0 radical (unpaired) electrons. The molecule has 0 saturated carbocycles. The number of anilines is 1. The Balaban J connectivity index is 1.60. The van der Waals surface area contributed by atoms with Crippen molar-refractivity contribution in [1.82, 2.24) is 4.90 Å². The van der Waals surface area contributed by atoms with Crippen molar-refractivity contribution in [2.45, 2.75) is 0 Å². The second kappa shape index (κ2) is 8.35. The van der Waals surface area contributed by atoms with Crippen molar-refractivity contribution in [2.75, 3.05) is 37.7 Å². The highest BCUT2D eigenvalue weighted by molar-refractivity contribution is 5.94. The monoisotopic (exact) mass is 367 g/mol. The molecule has 0 spiro atoms. The molecule has 0 N–H and O–H groups in total. The zero-order valence-electron chi connectivity index (χ0n) is 14.9. The molecular weight excluding hydrogens is 346 g/mol. The van der Waals surface area contributed by atoms with E-state index in [0.29, 0.717) is 44.1 Å². The lowest BCUT2D eigenvalue weighted by atomic mass is 10.1. The van der Waals surface area contributed by atoms with E-state index in [4.69, 9.17) is 4.74 Å². The minimum atomic E-state index is -0.409. The predicted molar refractivity (Wildman–Crippen MR) is 103 cm³/mol. The fraction of sp³-hybridized carbons (Fsp3) is 0.250. The minimum absolute atomic E-state index is 0.0256. The lowest BCUT2D eigenvalue weighted by Crippen LogP contribution is -2.48. The van der Waals surface area contributed by atoms with Crippen LogP contribution in [0.25, 0.3) is 0 Å². The maximum atomic E-state index is 12.7. The van der Waals surface area contributed by atoms with E-state index in [1.165, 1.54) is 12.1 Å². The molecule has 1 aliphatic rings. The first-order valence-corrected chi connectivity index (χ1v) is 8.71. The fourth-order valence-corrected chi connectivity index (χ4v) is 3.01. The van der Waals surface area contributed by atoms with Gasteiger partial charge in [0.25, 0.3) is 11.6 Å². The van der Waals surface area contributed by atoms with Gasteiger partial charge >= 0.3 is 0 Å². The first-order chi connectivity index (χ1) is 13.1. The minimum Gasteiger partial charge on any atom is -0.490 e. The SMILES string of the molecule is C=CCOc1cccc(C(=O)N2CCN(c3ccc([N+](=O)[O-])cc3)CC2)c1. The Morgan fingerprint density at radius 2 is 1.85 bits per heavy atom. The zero-order chi connectivity index (χ0) is 19.2. The Morgan fingerprint density at radius 3 is 2.48 bits per heavy atom. The van der Waals surface area contributed by atoms with Gasteiger partial charge in [0.05, 0.1) is 4.92 Å². The highest BCUT2D eigenvalue weighted by Gasteiger charge is 2.23. The summed E-state index contributed by atoms with van der Waals surface area (Å²) in [5.41, 5.74) is 1.60. The number of nitro groups is 1. The second-order valence-electron chi connectivity index (χ2n) is 6.18. The standard InChI is InChI=1S/C20H21N3O4/c1-2-14-27-19-5-3-4-16(15-19)20(24)22-12-10-21(11-13-22)17-6-8-18(9-7-17)23(25)26/h2-9,15H,1,10-14H2. The van der Waals surface area contributed by atoms with E-state index in [-0.39, 0.29) is 11.6 Å². The van der Waals surface area contributed by atoms with Gasteiger partial charge in [-0.3, -0.25) is 14.9 Å². The number of piperazine rings is 1. The smallest absolute Gasteiger partial charge is 0.269 e. The van der Waals surface area contributed by atoms with Crippen LogP contribution in [0.15, 0.2) is 61.2 Å². The summed E-state index contributed by atoms with van der Waals surface area (Å²) in [5.74, 6) is 0.618. The summed E-state index contributed by atoms with van der Waals surface area (Å²) in [4.78, 5) is 27.0. The van der Waals surface area contributed by atoms with Crippen LogP contribution in [-0.4, -0.2) is 48.5 Å². The molecule has 0 aromatic heterocycles. The van der Waals surface area contributed by atoms with Crippen molar-refractivity contribution in [2.24, 2.45) is 0 Å². The molecule has 7 heteroatoms. The fourth-order valence-electron chi connectivity index (χ4n) is 3.01. The van der Waals surface area contributed by atoms with Gasteiger partial charge in [-0.05, 0) is 30.3 Å². The quantitative estimate of drug-likeness (QED) is 0.445. The molecule has 1 saturated heterocycles. The van der Waals surface area contributed by atoms with Crippen LogP contribution >= 0.6 is 0 Å². The van der Waals surface area contributed by atoms with Crippen LogP contribution < -0.4 is 9.64 Å². The molecule has 1 aliphatic heterocycles. The zero-order valence-corrected chi connectivity index (χ0v) is 14.9. The molecule has 0 bridgehead atoms. The van der Waals surface area contributed by atoms with E-state index in [2.05, 4.69) is 11.5 Å². The van der Waals surface area contributed by atoms with Crippen LogP contribution in [0.1, 0.15) is 10.4 Å². The van der Waals surface area contributed by atoms with E-state index in [1.807, 2.05) is 11.0 Å². The molecule has 1 fully saturated rings. The molecule has 27 heavy (non-hydrogen) atoms. The molecule has 7 nitrogen and oxygen atoms in total. The Morgan fingerprint density at radius 1 is 1.15 bits per heavy atom. The van der Waals surface area contributed by atoms with E-state index in [0.717, 1.165) is 5.69 Å². The average Bonchev–Trinajstić information content (AvgIpc) is 2.72. The average molecular weight is 367 g/mol. The number of rotatable bonds is 6. The first kappa shape index (κ1) is 18.4. The molecule has 2 aromatic carbocycles. The van der Waals surface area contributed by atoms with Crippen LogP contribution in [0.5, 0.6) is 5.75 Å². The normalized spacial score (nSPS) is 13.9. The number of ether oxygens (including phenoxy) is 1. The maximum absolute atomic E-state index is 12.7. The van der Waals surface area contributed by atoms with Gasteiger partial charge in [0, 0.05) is 49.6 Å². The number of non-ortho nitro benzene ring substituents is 1. The Kier molecular flexibility index (Phi) is 5.71. The highest BCUT2D eigenvalue weighted by atomic mass is 16.6. The third kappa shape index (κ3) is 4.44. The van der Waals surface area contributed by atoms with Gasteiger partial charge in [-0.25, -0.2) is 0 Å². The van der Waals surface area contributed by atoms with Crippen LogP contribution in [0.2, 0.25) is 0 Å². The summed E-state index contributed by atoms with van der Waals surface area (Å²) in [6.07, 6.45) is 1.66. The third-order valence-corrected chi connectivity index (χ3v) is 4.44. The van der Waals surface area contributed by atoms with Crippen molar-refractivity contribution < 1.29 is 14.5 Å². The largest absolute Gasteiger partial charge is 0.490 e. The van der Waals surface area contributed by atoms with Gasteiger partial charge < -0.3 is 14.5 Å². The number of nitro benzene ring substituents is 1. The summed E-state index contributed by atoms with van der Waals surface area (Å²) >= 11 is 0. The van der Waals surface area contributed by atoms with E-state index in [1.54, 1.807) is 36.4 Å². The Bertz CT molecular complexity index is 827. The molecule has 0 atom stereocenters. The van der Waals surface area contributed by atoms with Gasteiger partial charge in [0.1, 0.15) is 12.4 Å². The molecule has 3 rings (SSSR count). The van der Waals surface area contributed by atoms with Crippen LogP contribution in [0.4, 0.5) is 11.4 Å². The first-order valence-electron chi connectivity index (χ1n) is 8.71. The molecule has 0 aliphatic carbocycles. The van der Waals surface area contributed by atoms with Crippen molar-refractivity contribution in [3.05, 3.63) is 76.9 Å². The van der Waals surface area contributed by atoms with Gasteiger partial charge in [0.15, 0.2) is 0 Å². The van der Waals surface area contributed by atoms with Crippen molar-refractivity contribution >= 4 is 17.3 Å². The van der Waals surface area contributed by atoms with Gasteiger partial charge in [-0.1, -0.05) is 18.7 Å². The Labute approximate surface area is 157 Å². The summed E-state index contributed by atoms with van der Waals surface area (Å²) in [6, 6.07) is 13.6. The van der Waals surface area contributed by atoms with Crippen molar-refractivity contribution in [3.8, 4) is 5.75 Å². The molecule has 1 heterocycles. The van der Waals surface area contributed by atoms with E-state index in [9.17, 15) is 14.9 Å². The molecule has 2 aromatic rings. The Hall–Kier alpha value is -3.35. The highest BCUT2D eigenvalue weighted by Crippen LogP contribution is 2.22. The van der Waals surface area contributed by atoms with Crippen molar-refractivity contribution in [1.29, 1.82) is 0 Å². The van der Waals surface area contributed by atoms with E-state index < -0.39 is 4.92 Å². The number of nitrogens with zero attached hydrogens (tertiary/aromatic N) is 3. The van der Waals surface area contributed by atoms with Crippen LogP contribution in [0.3, 0.4) is 0 Å². The number of benzene rings is 2. The summed E-state index contributed by atoms with van der Waals surface area (Å²) in [6.45, 7) is 6.54.